The first kappa shape index (κ1) is 19.4. The summed E-state index contributed by atoms with van der Waals surface area (Å²) in [5.74, 6) is 0.706. The Labute approximate surface area is 142 Å². The number of amides is 1. The molecule has 0 saturated heterocycles. The topological polar surface area (TPSA) is 64.6 Å². The number of carbonyl (C=O) groups excluding carboxylic acids is 2. The Kier molecular flexibility index (Phi) is 7.95. The average molecular weight is 339 g/mol. The Morgan fingerprint density at radius 3 is 2.35 bits per heavy atom. The van der Waals surface area contributed by atoms with Crippen molar-refractivity contribution in [1.29, 1.82) is 0 Å². The first-order chi connectivity index (χ1) is 10.9. The molecule has 0 fully saturated rings. The first-order valence-electron chi connectivity index (χ1n) is 7.45. The van der Waals surface area contributed by atoms with E-state index in [1.807, 2.05) is 39.2 Å². The molecule has 0 aliphatic carbocycles. The lowest BCUT2D eigenvalue weighted by Gasteiger charge is -2.17. The Balaban J connectivity index is 2.63. The van der Waals surface area contributed by atoms with Gasteiger partial charge in [0.15, 0.2) is 6.61 Å². The molecule has 0 saturated carbocycles. The Morgan fingerprint density at radius 2 is 1.83 bits per heavy atom. The molecule has 0 heterocycles. The third kappa shape index (κ3) is 6.14. The van der Waals surface area contributed by atoms with E-state index in [1.54, 1.807) is 11.8 Å². The highest BCUT2D eigenvalue weighted by Crippen LogP contribution is 2.24. The summed E-state index contributed by atoms with van der Waals surface area (Å²) in [6.45, 7) is 5.78. The van der Waals surface area contributed by atoms with Crippen molar-refractivity contribution in [2.24, 2.45) is 0 Å². The number of methoxy groups -OCH3 is 1. The van der Waals surface area contributed by atoms with E-state index in [9.17, 15) is 9.59 Å². The molecule has 1 amide bonds. The number of hydrogen-bond acceptors (Lipinski definition) is 5. The van der Waals surface area contributed by atoms with Crippen LogP contribution in [-0.4, -0.2) is 43.6 Å². The number of hydrogen-bond donors (Lipinski definition) is 1. The van der Waals surface area contributed by atoms with E-state index in [4.69, 9.17) is 9.47 Å². The van der Waals surface area contributed by atoms with Crippen molar-refractivity contribution < 1.29 is 19.1 Å². The van der Waals surface area contributed by atoms with Crippen LogP contribution in [0, 0.1) is 20.8 Å². The van der Waals surface area contributed by atoms with Crippen LogP contribution in [0.3, 0.4) is 0 Å². The summed E-state index contributed by atoms with van der Waals surface area (Å²) in [6, 6.07) is 3.38. The highest BCUT2D eigenvalue weighted by molar-refractivity contribution is 7.98. The van der Waals surface area contributed by atoms with E-state index in [0.29, 0.717) is 12.2 Å². The molecule has 1 aromatic rings. The SMILES string of the molecule is COC(=O)[C@@H](CCSC)NC(=O)COc1c(C)cc(C)cc1C. The molecule has 0 aliphatic rings. The maximum Gasteiger partial charge on any atom is 0.328 e. The molecule has 0 unspecified atom stereocenters. The van der Waals surface area contributed by atoms with Gasteiger partial charge in [0, 0.05) is 0 Å². The second-order valence-corrected chi connectivity index (χ2v) is 6.43. The molecule has 5 nitrogen and oxygen atoms in total. The van der Waals surface area contributed by atoms with E-state index < -0.39 is 12.0 Å². The second kappa shape index (κ2) is 9.45. The van der Waals surface area contributed by atoms with Crippen LogP contribution in [0.4, 0.5) is 0 Å². The lowest BCUT2D eigenvalue weighted by atomic mass is 10.1. The van der Waals surface area contributed by atoms with Crippen LogP contribution in [0.1, 0.15) is 23.1 Å². The molecular formula is C17H25NO4S. The molecular weight excluding hydrogens is 314 g/mol. The largest absolute Gasteiger partial charge is 0.483 e. The zero-order chi connectivity index (χ0) is 17.4. The van der Waals surface area contributed by atoms with Gasteiger partial charge in [-0.2, -0.15) is 11.8 Å². The maximum absolute atomic E-state index is 12.0. The monoisotopic (exact) mass is 339 g/mol. The van der Waals surface area contributed by atoms with Crippen molar-refractivity contribution in [2.45, 2.75) is 33.2 Å². The average Bonchev–Trinajstić information content (AvgIpc) is 2.49. The molecule has 1 rings (SSSR count). The molecule has 1 atom stereocenters. The van der Waals surface area contributed by atoms with E-state index in [-0.39, 0.29) is 12.5 Å². The number of carbonyl (C=O) groups is 2. The fraction of sp³-hybridized carbons (Fsp3) is 0.529. The van der Waals surface area contributed by atoms with E-state index in [2.05, 4.69) is 5.32 Å². The van der Waals surface area contributed by atoms with Crippen molar-refractivity contribution in [3.63, 3.8) is 0 Å². The number of rotatable bonds is 8. The smallest absolute Gasteiger partial charge is 0.328 e. The Hall–Kier alpha value is -1.69. The summed E-state index contributed by atoms with van der Waals surface area (Å²) >= 11 is 1.61. The standard InChI is InChI=1S/C17H25NO4S/c1-11-8-12(2)16(13(3)9-11)22-10-15(19)18-14(6-7-23-5)17(20)21-4/h8-9,14H,6-7,10H2,1-5H3,(H,18,19)/t14-/m1/s1. The number of benzene rings is 1. The molecule has 0 bridgehead atoms. The van der Waals surface area contributed by atoms with Crippen LogP contribution in [0.25, 0.3) is 0 Å². The van der Waals surface area contributed by atoms with Gasteiger partial charge < -0.3 is 14.8 Å². The van der Waals surface area contributed by atoms with Gasteiger partial charge in [0.2, 0.25) is 0 Å². The predicted octanol–water partition coefficient (Wildman–Crippen LogP) is 2.40. The van der Waals surface area contributed by atoms with Gasteiger partial charge in [-0.05, 0) is 50.3 Å². The predicted molar refractivity (Wildman–Crippen MR) is 93.1 cm³/mol. The fourth-order valence-corrected chi connectivity index (χ4v) is 2.87. The van der Waals surface area contributed by atoms with Gasteiger partial charge in [0.1, 0.15) is 11.8 Å². The molecule has 23 heavy (non-hydrogen) atoms. The highest BCUT2D eigenvalue weighted by atomic mass is 32.2. The summed E-state index contributed by atoms with van der Waals surface area (Å²) in [4.78, 5) is 23.7. The molecule has 0 aromatic heterocycles. The second-order valence-electron chi connectivity index (χ2n) is 5.44. The summed E-state index contributed by atoms with van der Waals surface area (Å²) in [7, 11) is 1.32. The first-order valence-corrected chi connectivity index (χ1v) is 8.85. The molecule has 0 aliphatic heterocycles. The van der Waals surface area contributed by atoms with Gasteiger partial charge in [-0.25, -0.2) is 4.79 Å². The molecule has 6 heteroatoms. The summed E-state index contributed by atoms with van der Waals surface area (Å²) < 4.78 is 10.4. The quantitative estimate of drug-likeness (QED) is 0.737. The normalized spacial score (nSPS) is 11.7. The lowest BCUT2D eigenvalue weighted by Crippen LogP contribution is -2.44. The minimum atomic E-state index is -0.635. The number of ether oxygens (including phenoxy) is 2. The van der Waals surface area contributed by atoms with Gasteiger partial charge in [0.25, 0.3) is 5.91 Å². The van der Waals surface area contributed by atoms with Crippen molar-refractivity contribution in [1.82, 2.24) is 5.32 Å². The van der Waals surface area contributed by atoms with Gasteiger partial charge in [-0.3, -0.25) is 4.79 Å². The van der Waals surface area contributed by atoms with Crippen molar-refractivity contribution in [2.75, 3.05) is 25.7 Å². The summed E-state index contributed by atoms with van der Waals surface area (Å²) in [5, 5.41) is 2.67. The molecule has 0 spiro atoms. The fourth-order valence-electron chi connectivity index (χ4n) is 2.40. The molecule has 1 N–H and O–H groups in total. The van der Waals surface area contributed by atoms with Gasteiger partial charge >= 0.3 is 5.97 Å². The zero-order valence-electron chi connectivity index (χ0n) is 14.4. The van der Waals surface area contributed by atoms with Gasteiger partial charge in [0.05, 0.1) is 7.11 Å². The van der Waals surface area contributed by atoms with E-state index in [1.165, 1.54) is 7.11 Å². The number of aryl methyl sites for hydroxylation is 3. The van der Waals surface area contributed by atoms with Crippen LogP contribution >= 0.6 is 11.8 Å². The molecule has 128 valence electrons. The summed E-state index contributed by atoms with van der Waals surface area (Å²) in [6.07, 6.45) is 2.48. The minimum absolute atomic E-state index is 0.127. The molecule has 0 radical (unpaired) electrons. The third-order valence-electron chi connectivity index (χ3n) is 3.38. The van der Waals surface area contributed by atoms with Crippen LogP contribution in [0.2, 0.25) is 0 Å². The highest BCUT2D eigenvalue weighted by Gasteiger charge is 2.21. The van der Waals surface area contributed by atoms with Gasteiger partial charge in [-0.15, -0.1) is 0 Å². The van der Waals surface area contributed by atoms with Gasteiger partial charge in [-0.1, -0.05) is 17.7 Å². The van der Waals surface area contributed by atoms with E-state index >= 15 is 0 Å². The third-order valence-corrected chi connectivity index (χ3v) is 4.03. The molecule has 1 aromatic carbocycles. The zero-order valence-corrected chi connectivity index (χ0v) is 15.2. The van der Waals surface area contributed by atoms with Crippen molar-refractivity contribution in [3.05, 3.63) is 28.8 Å². The van der Waals surface area contributed by atoms with Crippen molar-refractivity contribution in [3.8, 4) is 5.75 Å². The minimum Gasteiger partial charge on any atom is -0.483 e. The Bertz CT molecular complexity index is 537. The van der Waals surface area contributed by atoms with Crippen molar-refractivity contribution >= 4 is 23.6 Å². The van der Waals surface area contributed by atoms with Crippen LogP contribution < -0.4 is 10.1 Å². The number of esters is 1. The van der Waals surface area contributed by atoms with Crippen LogP contribution in [-0.2, 0) is 14.3 Å². The lowest BCUT2D eigenvalue weighted by molar-refractivity contribution is -0.145. The van der Waals surface area contributed by atoms with E-state index in [0.717, 1.165) is 22.4 Å². The Morgan fingerprint density at radius 1 is 1.22 bits per heavy atom. The summed E-state index contributed by atoms with van der Waals surface area (Å²) in [5.41, 5.74) is 3.13. The maximum atomic E-state index is 12.0. The number of thioether (sulfide) groups is 1. The number of nitrogens with one attached hydrogen (secondary N) is 1. The van der Waals surface area contributed by atoms with Crippen LogP contribution in [0.15, 0.2) is 12.1 Å². The van der Waals surface area contributed by atoms with Crippen LogP contribution in [0.5, 0.6) is 5.75 Å².